The Bertz CT molecular complexity index is 406. The molecule has 0 aromatic carbocycles. The van der Waals surface area contributed by atoms with E-state index < -0.39 is 0 Å². The first-order valence-corrected chi connectivity index (χ1v) is 7.47. The number of aromatic nitrogens is 2. The highest BCUT2D eigenvalue weighted by atomic mass is 35.5. The van der Waals surface area contributed by atoms with Crippen LogP contribution < -0.4 is 0 Å². The second kappa shape index (κ2) is 5.05. The molecule has 1 aliphatic rings. The molecule has 1 aromatic heterocycles. The lowest BCUT2D eigenvalue weighted by Crippen LogP contribution is -2.40. The molecule has 3 unspecified atom stereocenters. The van der Waals surface area contributed by atoms with E-state index in [0.717, 1.165) is 23.1 Å². The topological polar surface area (TPSA) is 17.8 Å². The van der Waals surface area contributed by atoms with E-state index in [-0.39, 0.29) is 10.8 Å². The van der Waals surface area contributed by atoms with Crippen LogP contribution in [0.15, 0.2) is 6.20 Å². The lowest BCUT2D eigenvalue weighted by molar-refractivity contribution is 0.200. The minimum atomic E-state index is -0.0328. The monoisotopic (exact) mass is 288 g/mol. The predicted molar refractivity (Wildman–Crippen MR) is 77.4 cm³/mol. The number of hydrogen-bond donors (Lipinski definition) is 0. The maximum atomic E-state index is 6.61. The van der Waals surface area contributed by atoms with Gasteiger partial charge in [-0.25, -0.2) is 0 Å². The van der Waals surface area contributed by atoms with Crippen LogP contribution in [0.1, 0.15) is 45.7 Å². The number of rotatable bonds is 2. The molecular formula is C14H22Cl2N2. The molecule has 0 spiro atoms. The zero-order chi connectivity index (χ0) is 13.5. The lowest BCUT2D eigenvalue weighted by atomic mass is 9.67. The molecule has 0 radical (unpaired) electrons. The highest BCUT2D eigenvalue weighted by Crippen LogP contribution is 2.45. The summed E-state index contributed by atoms with van der Waals surface area (Å²) in [4.78, 5) is 0. The summed E-state index contributed by atoms with van der Waals surface area (Å²) in [7, 11) is 1.96. The van der Waals surface area contributed by atoms with Crippen molar-refractivity contribution in [1.82, 2.24) is 9.78 Å². The summed E-state index contributed by atoms with van der Waals surface area (Å²) in [6, 6.07) is 0. The minimum absolute atomic E-state index is 0.0328. The normalized spacial score (nSPS) is 29.6. The number of nitrogens with zero attached hydrogens (tertiary/aromatic N) is 2. The van der Waals surface area contributed by atoms with Gasteiger partial charge >= 0.3 is 0 Å². The fraction of sp³-hybridized carbons (Fsp3) is 0.786. The molecule has 2 nitrogen and oxygen atoms in total. The average molecular weight is 289 g/mol. The van der Waals surface area contributed by atoms with Crippen LogP contribution in [0.25, 0.3) is 0 Å². The van der Waals surface area contributed by atoms with Crippen molar-refractivity contribution in [3.63, 3.8) is 0 Å². The van der Waals surface area contributed by atoms with E-state index >= 15 is 0 Å². The van der Waals surface area contributed by atoms with Gasteiger partial charge < -0.3 is 0 Å². The molecule has 1 aromatic rings. The summed E-state index contributed by atoms with van der Waals surface area (Å²) in [5.41, 5.74) is 1.07. The Morgan fingerprint density at radius 1 is 1.39 bits per heavy atom. The quantitative estimate of drug-likeness (QED) is 0.738. The minimum Gasteiger partial charge on any atom is -0.271 e. The number of aryl methyl sites for hydroxylation is 1. The number of hydrogen-bond acceptors (Lipinski definition) is 1. The number of alkyl halides is 1. The summed E-state index contributed by atoms with van der Waals surface area (Å²) in [6.07, 6.45) is 5.26. The van der Waals surface area contributed by atoms with Gasteiger partial charge in [-0.1, -0.05) is 38.8 Å². The second-order valence-electron chi connectivity index (χ2n) is 6.23. The van der Waals surface area contributed by atoms with Gasteiger partial charge in [0.1, 0.15) is 0 Å². The van der Waals surface area contributed by atoms with E-state index in [1.807, 2.05) is 11.7 Å². The van der Waals surface area contributed by atoms with E-state index in [9.17, 15) is 0 Å². The van der Waals surface area contributed by atoms with Gasteiger partial charge in [0.2, 0.25) is 0 Å². The van der Waals surface area contributed by atoms with Crippen LogP contribution in [-0.2, 0) is 12.5 Å². The van der Waals surface area contributed by atoms with Gasteiger partial charge in [-0.2, -0.15) is 5.10 Å². The molecule has 3 atom stereocenters. The third kappa shape index (κ3) is 2.42. The fourth-order valence-electron chi connectivity index (χ4n) is 3.44. The van der Waals surface area contributed by atoms with Crippen LogP contribution in [0.5, 0.6) is 0 Å². The first-order valence-electron chi connectivity index (χ1n) is 6.66. The molecule has 0 saturated heterocycles. The van der Waals surface area contributed by atoms with Crippen LogP contribution in [-0.4, -0.2) is 15.2 Å². The van der Waals surface area contributed by atoms with Gasteiger partial charge in [-0.15, -0.1) is 11.6 Å². The van der Waals surface area contributed by atoms with Crippen molar-refractivity contribution in [2.45, 2.75) is 50.8 Å². The Hall–Kier alpha value is -0.210. The predicted octanol–water partition coefficient (Wildman–Crippen LogP) is 4.39. The van der Waals surface area contributed by atoms with Crippen LogP contribution in [0.4, 0.5) is 0 Å². The zero-order valence-electron chi connectivity index (χ0n) is 11.6. The highest BCUT2D eigenvalue weighted by molar-refractivity contribution is 6.31. The van der Waals surface area contributed by atoms with E-state index in [1.165, 1.54) is 12.8 Å². The van der Waals surface area contributed by atoms with Gasteiger partial charge in [-0.3, -0.25) is 4.68 Å². The Morgan fingerprint density at radius 3 is 2.56 bits per heavy atom. The lowest BCUT2D eigenvalue weighted by Gasteiger charge is -2.42. The standard InChI is InChI=1S/C14H22Cl2N2/c1-9-5-6-10(11(15)7-9)14(2,3)13-12(16)8-17-18(13)4/h8-11H,5-7H2,1-4H3. The third-order valence-electron chi connectivity index (χ3n) is 4.47. The SMILES string of the molecule is CC1CCC(C(C)(C)c2c(Cl)cnn2C)C(Cl)C1. The highest BCUT2D eigenvalue weighted by Gasteiger charge is 2.41. The first kappa shape index (κ1) is 14.2. The molecule has 0 amide bonds. The van der Waals surface area contributed by atoms with Crippen LogP contribution >= 0.6 is 23.2 Å². The Kier molecular flexibility index (Phi) is 3.99. The molecule has 1 aliphatic carbocycles. The average Bonchev–Trinajstić information content (AvgIpc) is 2.58. The summed E-state index contributed by atoms with van der Waals surface area (Å²) in [5, 5.41) is 5.24. The van der Waals surface area contributed by atoms with Gasteiger partial charge in [0.15, 0.2) is 0 Å². The molecule has 18 heavy (non-hydrogen) atoms. The van der Waals surface area contributed by atoms with Crippen LogP contribution in [0, 0.1) is 11.8 Å². The van der Waals surface area contributed by atoms with Crippen molar-refractivity contribution in [2.75, 3.05) is 0 Å². The Labute approximate surface area is 120 Å². The van der Waals surface area contributed by atoms with Crippen LogP contribution in [0.2, 0.25) is 5.02 Å². The number of halogens is 2. The van der Waals surface area contributed by atoms with Gasteiger partial charge in [0.25, 0.3) is 0 Å². The molecule has 1 heterocycles. The van der Waals surface area contributed by atoms with Crippen molar-refractivity contribution in [3.8, 4) is 0 Å². The van der Waals surface area contributed by atoms with Gasteiger partial charge in [0, 0.05) is 17.8 Å². The fourth-order valence-corrected chi connectivity index (χ4v) is 4.59. The maximum Gasteiger partial charge on any atom is 0.0823 e. The first-order chi connectivity index (χ1) is 8.34. The van der Waals surface area contributed by atoms with E-state index in [1.54, 1.807) is 6.20 Å². The van der Waals surface area contributed by atoms with E-state index in [0.29, 0.717) is 5.92 Å². The molecule has 0 N–H and O–H groups in total. The second-order valence-corrected chi connectivity index (χ2v) is 7.19. The van der Waals surface area contributed by atoms with Crippen molar-refractivity contribution < 1.29 is 0 Å². The molecule has 2 rings (SSSR count). The molecule has 4 heteroatoms. The zero-order valence-corrected chi connectivity index (χ0v) is 13.1. The molecule has 0 bridgehead atoms. The summed E-state index contributed by atoms with van der Waals surface area (Å²) in [6.45, 7) is 6.77. The Balaban J connectivity index is 2.31. The summed E-state index contributed by atoms with van der Waals surface area (Å²) >= 11 is 12.9. The molecule has 102 valence electrons. The van der Waals surface area contributed by atoms with Crippen molar-refractivity contribution >= 4 is 23.2 Å². The molecule has 1 fully saturated rings. The van der Waals surface area contributed by atoms with E-state index in [2.05, 4.69) is 25.9 Å². The van der Waals surface area contributed by atoms with Crippen molar-refractivity contribution in [1.29, 1.82) is 0 Å². The largest absolute Gasteiger partial charge is 0.271 e. The van der Waals surface area contributed by atoms with Gasteiger partial charge in [0.05, 0.1) is 16.9 Å². The summed E-state index contributed by atoms with van der Waals surface area (Å²) in [5.74, 6) is 1.20. The van der Waals surface area contributed by atoms with Crippen molar-refractivity contribution in [2.24, 2.45) is 18.9 Å². The van der Waals surface area contributed by atoms with E-state index in [4.69, 9.17) is 23.2 Å². The molecule has 0 aliphatic heterocycles. The Morgan fingerprint density at radius 2 is 2.06 bits per heavy atom. The van der Waals surface area contributed by atoms with Gasteiger partial charge in [-0.05, 0) is 24.7 Å². The molecule has 1 saturated carbocycles. The summed E-state index contributed by atoms with van der Waals surface area (Å²) < 4.78 is 1.89. The van der Waals surface area contributed by atoms with Crippen molar-refractivity contribution in [3.05, 3.63) is 16.9 Å². The van der Waals surface area contributed by atoms with Crippen LogP contribution in [0.3, 0.4) is 0 Å². The maximum absolute atomic E-state index is 6.61. The molecular weight excluding hydrogens is 267 g/mol. The third-order valence-corrected chi connectivity index (χ3v) is 5.22. The smallest absolute Gasteiger partial charge is 0.0823 e.